The second-order valence-corrected chi connectivity index (χ2v) is 11.9. The average Bonchev–Trinajstić information content (AvgIpc) is 2.67. The lowest BCUT2D eigenvalue weighted by Gasteiger charge is -2.59. The van der Waals surface area contributed by atoms with Gasteiger partial charge in [-0.05, 0) is 66.0 Å². The summed E-state index contributed by atoms with van der Waals surface area (Å²) in [4.78, 5) is 23.4. The van der Waals surface area contributed by atoms with Gasteiger partial charge in [0.15, 0.2) is 0 Å². The van der Waals surface area contributed by atoms with E-state index in [1.165, 1.54) is 37.5 Å². The van der Waals surface area contributed by atoms with Gasteiger partial charge in [0.05, 0.1) is 10.8 Å². The number of aliphatic carboxylic acids is 1. The Morgan fingerprint density at radius 2 is 1.87 bits per heavy atom. The highest BCUT2D eigenvalue weighted by molar-refractivity contribution is 7.85. The van der Waals surface area contributed by atoms with Crippen molar-refractivity contribution in [1.29, 1.82) is 0 Å². The van der Waals surface area contributed by atoms with Crippen LogP contribution in [-0.2, 0) is 15.6 Å². The lowest BCUT2D eigenvalue weighted by atomic mass is 9.47. The van der Waals surface area contributed by atoms with Gasteiger partial charge >= 0.3 is 5.97 Å². The number of carbonyl (C=O) groups excluding carboxylic acids is 1. The first-order chi connectivity index (χ1) is 14.4. The minimum atomic E-state index is -1.37. The van der Waals surface area contributed by atoms with Crippen LogP contribution in [-0.4, -0.2) is 38.6 Å². The molecule has 2 aliphatic carbocycles. The number of amides is 1. The highest BCUT2D eigenvalue weighted by atomic mass is 32.2. The summed E-state index contributed by atoms with van der Waals surface area (Å²) in [5.41, 5.74) is 0.533. The van der Waals surface area contributed by atoms with Gasteiger partial charge in [-0.2, -0.15) is 0 Å². The Hall–Kier alpha value is -1.89. The van der Waals surface area contributed by atoms with Crippen LogP contribution >= 0.6 is 0 Å². The van der Waals surface area contributed by atoms with E-state index in [4.69, 9.17) is 5.11 Å². The van der Waals surface area contributed by atoms with Crippen molar-refractivity contribution in [2.24, 2.45) is 28.6 Å². The largest absolute Gasteiger partial charge is 0.508 e. The number of carboxylic acids is 1. The molecule has 3 rings (SSSR count). The van der Waals surface area contributed by atoms with Crippen molar-refractivity contribution < 1.29 is 24.0 Å². The first-order valence-corrected chi connectivity index (χ1v) is 12.5. The fourth-order valence-corrected chi connectivity index (χ4v) is 8.07. The van der Waals surface area contributed by atoms with Gasteiger partial charge in [-0.1, -0.05) is 40.5 Å². The number of nitrogens with one attached hydrogen (secondary N) is 1. The predicted molar refractivity (Wildman–Crippen MR) is 120 cm³/mol. The predicted octanol–water partition coefficient (Wildman–Crippen LogP) is 4.19. The molecular weight excluding hydrogens is 414 g/mol. The van der Waals surface area contributed by atoms with Crippen molar-refractivity contribution in [2.45, 2.75) is 64.7 Å². The first kappa shape index (κ1) is 23.8. The zero-order valence-corrected chi connectivity index (χ0v) is 19.8. The lowest BCUT2D eigenvalue weighted by Crippen LogP contribution is -2.52. The molecule has 0 spiro atoms. The Morgan fingerprint density at radius 3 is 2.55 bits per heavy atom. The van der Waals surface area contributed by atoms with Crippen LogP contribution in [0.3, 0.4) is 0 Å². The molecule has 0 heterocycles. The molecule has 5 atom stereocenters. The molecule has 2 fully saturated rings. The standard InChI is InChI=1S/C24H35NO5S/c1-15-6-7-20-23(2,3)8-5-9-24(20,4)19(15)14-31(30)18-11-16(10-17(26)12-18)22(29)25-13-21(27)28/h10-12,15,19-20,26H,5-9,13-14H2,1-4H3,(H,25,29)(H,27,28). The summed E-state index contributed by atoms with van der Waals surface area (Å²) in [7, 11) is -1.37. The van der Waals surface area contributed by atoms with E-state index in [1.54, 1.807) is 0 Å². The van der Waals surface area contributed by atoms with Gasteiger partial charge in [0.2, 0.25) is 0 Å². The second-order valence-electron chi connectivity index (χ2n) is 10.4. The van der Waals surface area contributed by atoms with E-state index in [2.05, 4.69) is 33.0 Å². The summed E-state index contributed by atoms with van der Waals surface area (Å²) in [5.74, 6) is -0.0259. The maximum atomic E-state index is 13.4. The maximum Gasteiger partial charge on any atom is 0.322 e. The van der Waals surface area contributed by atoms with Crippen LogP contribution in [0, 0.1) is 28.6 Å². The van der Waals surface area contributed by atoms with Crippen LogP contribution in [0.25, 0.3) is 0 Å². The van der Waals surface area contributed by atoms with Gasteiger partial charge in [0.25, 0.3) is 5.91 Å². The summed E-state index contributed by atoms with van der Waals surface area (Å²) < 4.78 is 13.4. The topological polar surface area (TPSA) is 104 Å². The molecule has 1 aromatic rings. The molecule has 2 aliphatic rings. The van der Waals surface area contributed by atoms with E-state index in [9.17, 15) is 18.9 Å². The third-order valence-corrected chi connectivity index (χ3v) is 9.29. The minimum absolute atomic E-state index is 0.115. The SMILES string of the molecule is CC1CCC2C(C)(C)CCCC2(C)C1CS(=O)c1cc(O)cc(C(=O)NCC(=O)O)c1. The molecule has 0 saturated heterocycles. The fourth-order valence-electron chi connectivity index (χ4n) is 6.33. The quantitative estimate of drug-likeness (QED) is 0.604. The number of hydrogen-bond acceptors (Lipinski definition) is 4. The number of aromatic hydroxyl groups is 1. The van der Waals surface area contributed by atoms with Crippen LogP contribution in [0.4, 0.5) is 0 Å². The Morgan fingerprint density at radius 1 is 1.16 bits per heavy atom. The third kappa shape index (κ3) is 4.97. The monoisotopic (exact) mass is 449 g/mol. The van der Waals surface area contributed by atoms with Crippen molar-refractivity contribution in [3.05, 3.63) is 23.8 Å². The van der Waals surface area contributed by atoms with E-state index >= 15 is 0 Å². The zero-order chi connectivity index (χ0) is 23.0. The Kier molecular flexibility index (Phi) is 6.84. The highest BCUT2D eigenvalue weighted by Crippen LogP contribution is 2.61. The Labute approximate surface area is 187 Å². The summed E-state index contributed by atoms with van der Waals surface area (Å²) in [6.07, 6.45) is 5.92. The van der Waals surface area contributed by atoms with Crippen molar-refractivity contribution in [3.8, 4) is 5.75 Å². The smallest absolute Gasteiger partial charge is 0.322 e. The number of fused-ring (bicyclic) bond motifs is 1. The number of phenols is 1. The molecule has 31 heavy (non-hydrogen) atoms. The van der Waals surface area contributed by atoms with Gasteiger partial charge in [0.1, 0.15) is 12.3 Å². The maximum absolute atomic E-state index is 13.4. The van der Waals surface area contributed by atoms with Crippen LogP contribution in [0.5, 0.6) is 5.75 Å². The number of carboxylic acid groups (broad SMARTS) is 1. The molecule has 0 aromatic heterocycles. The molecule has 0 bridgehead atoms. The van der Waals surface area contributed by atoms with E-state index in [1.807, 2.05) is 0 Å². The number of carbonyl (C=O) groups is 2. The Bertz CT molecular complexity index is 883. The number of phenolic OH excluding ortho intramolecular Hbond substituents is 1. The fraction of sp³-hybridized carbons (Fsp3) is 0.667. The minimum Gasteiger partial charge on any atom is -0.508 e. The normalized spacial score (nSPS) is 30.8. The van der Waals surface area contributed by atoms with Gasteiger partial charge in [-0.3, -0.25) is 13.8 Å². The third-order valence-electron chi connectivity index (χ3n) is 7.87. The van der Waals surface area contributed by atoms with E-state index in [0.717, 1.165) is 12.8 Å². The van der Waals surface area contributed by atoms with Crippen LogP contribution in [0.1, 0.15) is 70.2 Å². The van der Waals surface area contributed by atoms with Gasteiger partial charge in [0, 0.05) is 16.2 Å². The highest BCUT2D eigenvalue weighted by Gasteiger charge is 2.53. The average molecular weight is 450 g/mol. The summed E-state index contributed by atoms with van der Waals surface area (Å²) >= 11 is 0. The lowest BCUT2D eigenvalue weighted by molar-refractivity contribution is -0.135. The molecular formula is C24H35NO5S. The number of rotatable bonds is 6. The van der Waals surface area contributed by atoms with Crippen LogP contribution < -0.4 is 5.32 Å². The van der Waals surface area contributed by atoms with Crippen LogP contribution in [0.15, 0.2) is 23.1 Å². The first-order valence-electron chi connectivity index (χ1n) is 11.2. The number of benzene rings is 1. The van der Waals surface area contributed by atoms with Crippen LogP contribution in [0.2, 0.25) is 0 Å². The van der Waals surface area contributed by atoms with E-state index in [0.29, 0.717) is 28.4 Å². The molecule has 3 N–H and O–H groups in total. The van der Waals surface area contributed by atoms with Crippen molar-refractivity contribution in [3.63, 3.8) is 0 Å². The van der Waals surface area contributed by atoms with E-state index in [-0.39, 0.29) is 22.1 Å². The molecule has 0 aliphatic heterocycles. The van der Waals surface area contributed by atoms with Gasteiger partial charge in [-0.15, -0.1) is 0 Å². The Balaban J connectivity index is 1.83. The second kappa shape index (κ2) is 8.93. The van der Waals surface area contributed by atoms with Crippen molar-refractivity contribution in [1.82, 2.24) is 5.32 Å². The molecule has 2 saturated carbocycles. The summed E-state index contributed by atoms with van der Waals surface area (Å²) in [6, 6.07) is 4.22. The molecule has 172 valence electrons. The van der Waals surface area contributed by atoms with Crippen molar-refractivity contribution in [2.75, 3.05) is 12.3 Å². The molecule has 6 nitrogen and oxygen atoms in total. The van der Waals surface area contributed by atoms with E-state index < -0.39 is 29.2 Å². The molecule has 1 amide bonds. The molecule has 5 unspecified atom stereocenters. The zero-order valence-electron chi connectivity index (χ0n) is 18.9. The van der Waals surface area contributed by atoms with Crippen molar-refractivity contribution >= 4 is 22.7 Å². The number of hydrogen-bond donors (Lipinski definition) is 3. The van der Waals surface area contributed by atoms with Gasteiger partial charge in [-0.25, -0.2) is 0 Å². The van der Waals surface area contributed by atoms with Gasteiger partial charge < -0.3 is 15.5 Å². The summed E-state index contributed by atoms with van der Waals surface area (Å²) in [5, 5.41) is 21.1. The molecule has 0 radical (unpaired) electrons. The molecule has 1 aromatic carbocycles. The summed E-state index contributed by atoms with van der Waals surface area (Å²) in [6.45, 7) is 8.87. The molecule has 7 heteroatoms.